The van der Waals surface area contributed by atoms with Crippen LogP contribution in [0.2, 0.25) is 0 Å². The molecule has 0 amide bonds. The maximum atomic E-state index is 10.8. The van der Waals surface area contributed by atoms with Crippen LogP contribution in [0.3, 0.4) is 0 Å². The van der Waals surface area contributed by atoms with E-state index in [4.69, 9.17) is 11.6 Å². The van der Waals surface area contributed by atoms with E-state index in [0.717, 1.165) is 0 Å². The summed E-state index contributed by atoms with van der Waals surface area (Å²) in [6, 6.07) is 0. The molecule has 4 heteroatoms. The average Bonchev–Trinajstić information content (AvgIpc) is 2.34. The summed E-state index contributed by atoms with van der Waals surface area (Å²) >= 11 is 5.24. The molecule has 0 aromatic rings. The third kappa shape index (κ3) is 1.48. The Morgan fingerprint density at radius 3 is 2.90 bits per heavy atom. The van der Waals surface area contributed by atoms with E-state index < -0.39 is 6.10 Å². The van der Waals surface area contributed by atoms with Gasteiger partial charge in [-0.05, 0) is 0 Å². The lowest BCUT2D eigenvalue weighted by molar-refractivity contribution is -0.146. The molecule has 0 aromatic carbocycles. The fourth-order valence-electron chi connectivity index (χ4n) is 0.838. The summed E-state index contributed by atoms with van der Waals surface area (Å²) in [5.41, 5.74) is 0. The maximum absolute atomic E-state index is 10.8. The number of hydrogen-bond acceptors (Lipinski definition) is 3. The Morgan fingerprint density at radius 2 is 2.50 bits per heavy atom. The lowest BCUT2D eigenvalue weighted by Crippen LogP contribution is -2.20. The van der Waals surface area contributed by atoms with Gasteiger partial charge >= 0.3 is 5.97 Å². The van der Waals surface area contributed by atoms with Crippen molar-refractivity contribution >= 4 is 23.4 Å². The van der Waals surface area contributed by atoms with Crippen LogP contribution in [-0.4, -0.2) is 23.7 Å². The highest BCUT2D eigenvalue weighted by atomic mass is 35.5. The molecule has 3 nitrogen and oxygen atoms in total. The van der Waals surface area contributed by atoms with Gasteiger partial charge in [0.1, 0.15) is 0 Å². The van der Waals surface area contributed by atoms with Crippen LogP contribution in [0.15, 0.2) is 0 Å². The van der Waals surface area contributed by atoms with Gasteiger partial charge in [-0.3, -0.25) is 9.59 Å². The Kier molecular flexibility index (Phi) is 2.27. The fraction of sp³-hybridized carbons (Fsp3) is 0.667. The number of ether oxygens (including phenoxy) is 1. The van der Waals surface area contributed by atoms with Crippen molar-refractivity contribution in [3.63, 3.8) is 0 Å². The Morgan fingerprint density at radius 1 is 1.80 bits per heavy atom. The molecule has 1 aliphatic heterocycles. The van der Waals surface area contributed by atoms with E-state index in [2.05, 4.69) is 4.74 Å². The molecule has 0 aliphatic carbocycles. The second-order valence-electron chi connectivity index (χ2n) is 2.12. The molecule has 1 saturated heterocycles. The molecule has 1 heterocycles. The summed E-state index contributed by atoms with van der Waals surface area (Å²) in [6.07, 6.45) is 0.266. The number of carbonyl (C=O) groups is 2. The zero-order chi connectivity index (χ0) is 7.56. The zero-order valence-electron chi connectivity index (χ0n) is 5.30. The predicted molar refractivity (Wildman–Crippen MR) is 34.8 cm³/mol. The van der Waals surface area contributed by atoms with Gasteiger partial charge in [0.2, 0.25) is 0 Å². The third-order valence-corrected chi connectivity index (χ3v) is 1.64. The number of cyclic esters (lactones) is 1. The van der Waals surface area contributed by atoms with Crippen LogP contribution < -0.4 is 0 Å². The number of halogens is 1. The Balaban J connectivity index is 2.44. The van der Waals surface area contributed by atoms with Gasteiger partial charge in [-0.15, -0.1) is 11.6 Å². The Bertz CT molecular complexity index is 166. The molecule has 0 aromatic heterocycles. The lowest BCUT2D eigenvalue weighted by atomic mass is 10.2. The molecule has 0 radical (unpaired) electrons. The highest BCUT2D eigenvalue weighted by Gasteiger charge is 2.28. The molecular weight excluding hydrogens is 156 g/mol. The van der Waals surface area contributed by atoms with E-state index in [-0.39, 0.29) is 17.6 Å². The van der Waals surface area contributed by atoms with E-state index in [1.807, 2.05) is 0 Å². The first-order valence-corrected chi connectivity index (χ1v) is 3.55. The van der Waals surface area contributed by atoms with Crippen molar-refractivity contribution in [3.8, 4) is 0 Å². The Hall–Kier alpha value is -0.570. The summed E-state index contributed by atoms with van der Waals surface area (Å²) in [5.74, 6) is -0.575. The second-order valence-corrected chi connectivity index (χ2v) is 2.38. The molecule has 0 bridgehead atoms. The van der Waals surface area contributed by atoms with Crippen molar-refractivity contribution in [2.24, 2.45) is 0 Å². The van der Waals surface area contributed by atoms with E-state index in [1.54, 1.807) is 0 Å². The van der Waals surface area contributed by atoms with Gasteiger partial charge in [0.15, 0.2) is 11.9 Å². The van der Waals surface area contributed by atoms with Crippen molar-refractivity contribution in [1.82, 2.24) is 0 Å². The SMILES string of the molecule is O=C1CCC(C(=O)CCl)O1. The van der Waals surface area contributed by atoms with Crippen molar-refractivity contribution in [3.05, 3.63) is 0 Å². The number of alkyl halides is 1. The van der Waals surface area contributed by atoms with Crippen molar-refractivity contribution < 1.29 is 14.3 Å². The molecule has 0 N–H and O–H groups in total. The molecule has 0 saturated carbocycles. The number of hydrogen-bond donors (Lipinski definition) is 0. The van der Waals surface area contributed by atoms with E-state index in [0.29, 0.717) is 12.8 Å². The van der Waals surface area contributed by atoms with Crippen molar-refractivity contribution in [2.75, 3.05) is 5.88 Å². The number of Topliss-reactive ketones (excluding diaryl/α,β-unsaturated/α-hetero) is 1. The van der Waals surface area contributed by atoms with Crippen LogP contribution in [0.4, 0.5) is 0 Å². The topological polar surface area (TPSA) is 43.4 Å². The van der Waals surface area contributed by atoms with Crippen molar-refractivity contribution in [2.45, 2.75) is 18.9 Å². The molecule has 0 spiro atoms. The van der Waals surface area contributed by atoms with E-state index >= 15 is 0 Å². The van der Waals surface area contributed by atoms with Gasteiger partial charge in [0.25, 0.3) is 0 Å². The molecule has 1 atom stereocenters. The molecular formula is C6H7ClO3. The quantitative estimate of drug-likeness (QED) is 0.439. The highest BCUT2D eigenvalue weighted by molar-refractivity contribution is 6.28. The minimum absolute atomic E-state index is 0.0715. The van der Waals surface area contributed by atoms with E-state index in [9.17, 15) is 9.59 Å². The van der Waals surface area contributed by atoms with Gasteiger partial charge < -0.3 is 4.74 Å². The summed E-state index contributed by atoms with van der Waals surface area (Å²) in [6.45, 7) is 0. The lowest BCUT2D eigenvalue weighted by Gasteiger charge is -2.03. The van der Waals surface area contributed by atoms with Crippen LogP contribution in [0.25, 0.3) is 0 Å². The first kappa shape index (κ1) is 7.54. The minimum Gasteiger partial charge on any atom is -0.454 e. The fourth-order valence-corrected chi connectivity index (χ4v) is 1.01. The molecule has 10 heavy (non-hydrogen) atoms. The second kappa shape index (κ2) is 3.01. The smallest absolute Gasteiger partial charge is 0.306 e. The first-order valence-electron chi connectivity index (χ1n) is 3.02. The molecule has 56 valence electrons. The highest BCUT2D eigenvalue weighted by Crippen LogP contribution is 2.14. The standard InChI is InChI=1S/C6H7ClO3/c7-3-4(8)5-1-2-6(9)10-5/h5H,1-3H2. The van der Waals surface area contributed by atoms with Gasteiger partial charge in [-0.25, -0.2) is 0 Å². The zero-order valence-corrected chi connectivity index (χ0v) is 6.06. The van der Waals surface area contributed by atoms with Crippen molar-refractivity contribution in [1.29, 1.82) is 0 Å². The maximum Gasteiger partial charge on any atom is 0.306 e. The summed E-state index contributed by atoms with van der Waals surface area (Å²) in [5, 5.41) is 0. The number of rotatable bonds is 2. The van der Waals surface area contributed by atoms with Gasteiger partial charge in [0.05, 0.1) is 5.88 Å². The van der Waals surface area contributed by atoms with Gasteiger partial charge in [-0.1, -0.05) is 0 Å². The average molecular weight is 163 g/mol. The summed E-state index contributed by atoms with van der Waals surface area (Å²) in [4.78, 5) is 21.2. The monoisotopic (exact) mass is 162 g/mol. The molecule has 1 unspecified atom stereocenters. The van der Waals surface area contributed by atoms with Crippen LogP contribution in [0.1, 0.15) is 12.8 Å². The minimum atomic E-state index is -0.565. The van der Waals surface area contributed by atoms with Crippen LogP contribution in [0.5, 0.6) is 0 Å². The largest absolute Gasteiger partial charge is 0.454 e. The number of esters is 1. The predicted octanol–water partition coefficient (Wildman–Crippen LogP) is 0.500. The Labute approximate surface area is 63.3 Å². The summed E-state index contributed by atoms with van der Waals surface area (Å²) < 4.78 is 4.64. The number of carbonyl (C=O) groups excluding carboxylic acids is 2. The number of ketones is 1. The normalized spacial score (nSPS) is 24.5. The third-order valence-electron chi connectivity index (χ3n) is 1.38. The van der Waals surface area contributed by atoms with E-state index in [1.165, 1.54) is 0 Å². The van der Waals surface area contributed by atoms with Gasteiger partial charge in [-0.2, -0.15) is 0 Å². The molecule has 1 aliphatic rings. The van der Waals surface area contributed by atoms with Crippen LogP contribution in [0, 0.1) is 0 Å². The first-order chi connectivity index (χ1) is 4.74. The van der Waals surface area contributed by atoms with Crippen LogP contribution >= 0.6 is 11.6 Å². The van der Waals surface area contributed by atoms with Gasteiger partial charge in [0, 0.05) is 12.8 Å². The summed E-state index contributed by atoms with van der Waals surface area (Å²) in [7, 11) is 0. The molecule has 1 rings (SSSR count). The molecule has 1 fully saturated rings. The van der Waals surface area contributed by atoms with Crippen LogP contribution in [-0.2, 0) is 14.3 Å².